The molecule has 0 amide bonds. The van der Waals surface area contributed by atoms with Crippen LogP contribution >= 0.6 is 0 Å². The Bertz CT molecular complexity index is 632. The summed E-state index contributed by atoms with van der Waals surface area (Å²) >= 11 is 0. The van der Waals surface area contributed by atoms with Crippen molar-refractivity contribution in [2.45, 2.75) is 13.5 Å². The number of hydrogen-bond acceptors (Lipinski definition) is 4. The minimum atomic E-state index is -0.285. The number of piperazine rings is 1. The molecule has 0 saturated carbocycles. The summed E-state index contributed by atoms with van der Waals surface area (Å²) in [4.78, 5) is 15.8. The van der Waals surface area contributed by atoms with E-state index in [1.54, 1.807) is 0 Å². The molecule has 1 fully saturated rings. The van der Waals surface area contributed by atoms with Crippen molar-refractivity contribution >= 4 is 11.7 Å². The maximum absolute atomic E-state index is 10.9. The summed E-state index contributed by atoms with van der Waals surface area (Å²) in [7, 11) is 0. The van der Waals surface area contributed by atoms with E-state index in [1.165, 1.54) is 18.2 Å². The molecular formula is C19H22N2O2. The molecule has 23 heavy (non-hydrogen) atoms. The van der Waals surface area contributed by atoms with Crippen molar-refractivity contribution in [2.75, 3.05) is 31.1 Å². The molecule has 0 aliphatic carbocycles. The molecule has 0 unspecified atom stereocenters. The first-order valence-corrected chi connectivity index (χ1v) is 8.00. The van der Waals surface area contributed by atoms with Crippen LogP contribution in [0.4, 0.5) is 5.69 Å². The second-order valence-corrected chi connectivity index (χ2v) is 5.84. The maximum Gasteiger partial charge on any atom is 0.308 e. The lowest BCUT2D eigenvalue weighted by Crippen LogP contribution is -2.45. The maximum atomic E-state index is 10.9. The summed E-state index contributed by atoms with van der Waals surface area (Å²) in [6.07, 6.45) is 0. The van der Waals surface area contributed by atoms with Crippen molar-refractivity contribution in [1.29, 1.82) is 0 Å². The third-order valence-corrected chi connectivity index (χ3v) is 4.08. The largest absolute Gasteiger partial charge is 0.427 e. The zero-order valence-corrected chi connectivity index (χ0v) is 13.4. The molecule has 1 aliphatic rings. The Balaban J connectivity index is 1.53. The van der Waals surface area contributed by atoms with Crippen molar-refractivity contribution in [3.05, 3.63) is 60.2 Å². The van der Waals surface area contributed by atoms with Crippen LogP contribution in [-0.2, 0) is 11.3 Å². The highest BCUT2D eigenvalue weighted by atomic mass is 16.5. The normalized spacial score (nSPS) is 15.4. The van der Waals surface area contributed by atoms with E-state index < -0.39 is 0 Å². The van der Waals surface area contributed by atoms with Gasteiger partial charge in [-0.15, -0.1) is 0 Å². The first-order valence-electron chi connectivity index (χ1n) is 8.00. The van der Waals surface area contributed by atoms with Gasteiger partial charge in [0, 0.05) is 45.3 Å². The molecule has 3 rings (SSSR count). The van der Waals surface area contributed by atoms with Gasteiger partial charge in [0.2, 0.25) is 0 Å². The van der Waals surface area contributed by atoms with Gasteiger partial charge in [0.05, 0.1) is 0 Å². The van der Waals surface area contributed by atoms with Gasteiger partial charge >= 0.3 is 5.97 Å². The standard InChI is InChI=1S/C19H22N2O2/c1-16(22)23-19-9-7-18(8-10-19)21-13-11-20(12-14-21)15-17-5-3-2-4-6-17/h2-10H,11-15H2,1H3. The summed E-state index contributed by atoms with van der Waals surface area (Å²) in [6, 6.07) is 18.4. The number of carbonyl (C=O) groups is 1. The minimum absolute atomic E-state index is 0.285. The summed E-state index contributed by atoms with van der Waals surface area (Å²) < 4.78 is 5.07. The van der Waals surface area contributed by atoms with Crippen molar-refractivity contribution in [1.82, 2.24) is 4.90 Å². The smallest absolute Gasteiger partial charge is 0.308 e. The molecule has 2 aromatic carbocycles. The summed E-state index contributed by atoms with van der Waals surface area (Å²) in [5, 5.41) is 0. The number of benzene rings is 2. The van der Waals surface area contributed by atoms with Crippen LogP contribution in [-0.4, -0.2) is 37.0 Å². The third kappa shape index (κ3) is 4.33. The second-order valence-electron chi connectivity index (χ2n) is 5.84. The summed E-state index contributed by atoms with van der Waals surface area (Å²) in [5.41, 5.74) is 2.55. The zero-order valence-electron chi connectivity index (χ0n) is 13.4. The Morgan fingerprint density at radius 2 is 1.61 bits per heavy atom. The minimum Gasteiger partial charge on any atom is -0.427 e. The van der Waals surface area contributed by atoms with Gasteiger partial charge in [0.25, 0.3) is 0 Å². The number of carbonyl (C=O) groups excluding carboxylic acids is 1. The van der Waals surface area contributed by atoms with Crippen molar-refractivity contribution < 1.29 is 9.53 Å². The number of esters is 1. The lowest BCUT2D eigenvalue weighted by molar-refractivity contribution is -0.131. The van der Waals surface area contributed by atoms with E-state index >= 15 is 0 Å². The number of anilines is 1. The number of hydrogen-bond donors (Lipinski definition) is 0. The van der Waals surface area contributed by atoms with Crippen LogP contribution in [0, 0.1) is 0 Å². The first kappa shape index (κ1) is 15.6. The number of nitrogens with zero attached hydrogens (tertiary/aromatic N) is 2. The van der Waals surface area contributed by atoms with Gasteiger partial charge in [0.1, 0.15) is 5.75 Å². The summed E-state index contributed by atoms with van der Waals surface area (Å²) in [6.45, 7) is 6.57. The summed E-state index contributed by atoms with van der Waals surface area (Å²) in [5.74, 6) is 0.316. The van der Waals surface area contributed by atoms with Crippen LogP contribution in [0.3, 0.4) is 0 Å². The van der Waals surface area contributed by atoms with Crippen LogP contribution in [0.25, 0.3) is 0 Å². The molecule has 1 saturated heterocycles. The van der Waals surface area contributed by atoms with Crippen molar-refractivity contribution in [3.63, 3.8) is 0 Å². The zero-order chi connectivity index (χ0) is 16.1. The molecule has 1 heterocycles. The molecule has 0 bridgehead atoms. The third-order valence-electron chi connectivity index (χ3n) is 4.08. The average Bonchev–Trinajstić information content (AvgIpc) is 2.57. The Hall–Kier alpha value is -2.33. The first-order chi connectivity index (χ1) is 11.2. The quantitative estimate of drug-likeness (QED) is 0.642. The molecule has 0 spiro atoms. The molecule has 4 nitrogen and oxygen atoms in total. The molecular weight excluding hydrogens is 288 g/mol. The predicted octanol–water partition coefficient (Wildman–Crippen LogP) is 2.93. The van der Waals surface area contributed by atoms with Crippen molar-refractivity contribution in [2.24, 2.45) is 0 Å². The highest BCUT2D eigenvalue weighted by Gasteiger charge is 2.17. The van der Waals surface area contributed by atoms with Crippen LogP contribution in [0.1, 0.15) is 12.5 Å². The molecule has 0 aromatic heterocycles. The highest BCUT2D eigenvalue weighted by molar-refractivity contribution is 5.69. The Morgan fingerprint density at radius 3 is 2.22 bits per heavy atom. The highest BCUT2D eigenvalue weighted by Crippen LogP contribution is 2.21. The van der Waals surface area contributed by atoms with Crippen LogP contribution < -0.4 is 9.64 Å². The molecule has 4 heteroatoms. The fraction of sp³-hybridized carbons (Fsp3) is 0.316. The fourth-order valence-corrected chi connectivity index (χ4v) is 2.90. The fourth-order valence-electron chi connectivity index (χ4n) is 2.90. The van der Waals surface area contributed by atoms with Crippen LogP contribution in [0.15, 0.2) is 54.6 Å². The molecule has 0 N–H and O–H groups in total. The van der Waals surface area contributed by atoms with Gasteiger partial charge in [0.15, 0.2) is 0 Å². The Morgan fingerprint density at radius 1 is 0.957 bits per heavy atom. The Labute approximate surface area is 137 Å². The van der Waals surface area contributed by atoms with Gasteiger partial charge in [-0.3, -0.25) is 9.69 Å². The van der Waals surface area contributed by atoms with E-state index in [4.69, 9.17) is 4.74 Å². The van der Waals surface area contributed by atoms with Gasteiger partial charge in [-0.1, -0.05) is 30.3 Å². The van der Waals surface area contributed by atoms with Gasteiger partial charge < -0.3 is 9.64 Å². The van der Waals surface area contributed by atoms with E-state index in [-0.39, 0.29) is 5.97 Å². The molecule has 0 radical (unpaired) electrons. The van der Waals surface area contributed by atoms with Gasteiger partial charge in [-0.2, -0.15) is 0 Å². The lowest BCUT2D eigenvalue weighted by Gasteiger charge is -2.36. The van der Waals surface area contributed by atoms with Crippen LogP contribution in [0.5, 0.6) is 5.75 Å². The number of rotatable bonds is 4. The van der Waals surface area contributed by atoms with E-state index in [0.29, 0.717) is 5.75 Å². The van der Waals surface area contributed by atoms with E-state index in [0.717, 1.165) is 32.7 Å². The predicted molar refractivity (Wildman–Crippen MR) is 91.7 cm³/mol. The number of ether oxygens (including phenoxy) is 1. The average molecular weight is 310 g/mol. The van der Waals surface area contributed by atoms with E-state index in [9.17, 15) is 4.79 Å². The van der Waals surface area contributed by atoms with Crippen molar-refractivity contribution in [3.8, 4) is 5.75 Å². The molecule has 2 aromatic rings. The Kier molecular flexibility index (Phi) is 4.93. The molecule has 120 valence electrons. The monoisotopic (exact) mass is 310 g/mol. The van der Waals surface area contributed by atoms with Gasteiger partial charge in [-0.05, 0) is 29.8 Å². The topological polar surface area (TPSA) is 32.8 Å². The molecule has 1 aliphatic heterocycles. The SMILES string of the molecule is CC(=O)Oc1ccc(N2CCN(Cc3ccccc3)CC2)cc1. The molecule has 0 atom stereocenters. The van der Waals surface area contributed by atoms with E-state index in [1.807, 2.05) is 24.3 Å². The van der Waals surface area contributed by atoms with Crippen LogP contribution in [0.2, 0.25) is 0 Å². The second kappa shape index (κ2) is 7.29. The van der Waals surface area contributed by atoms with Gasteiger partial charge in [-0.25, -0.2) is 0 Å². The lowest BCUT2D eigenvalue weighted by atomic mass is 10.2. The van der Waals surface area contributed by atoms with E-state index in [2.05, 4.69) is 40.1 Å².